The fraction of sp³-hybridized carbons (Fsp3) is 0.500. The van der Waals surface area contributed by atoms with Gasteiger partial charge in [-0.15, -0.1) is 0 Å². The second kappa shape index (κ2) is 3.30. The number of hydrogen-bond acceptors (Lipinski definition) is 2. The Labute approximate surface area is 61.6 Å². The van der Waals surface area contributed by atoms with Crippen LogP contribution in [0.25, 0.3) is 0 Å². The van der Waals surface area contributed by atoms with E-state index in [0.717, 1.165) is 25.3 Å². The van der Waals surface area contributed by atoms with Crippen LogP contribution in [0.3, 0.4) is 0 Å². The molecule has 0 spiro atoms. The summed E-state index contributed by atoms with van der Waals surface area (Å²) >= 11 is 0. The van der Waals surface area contributed by atoms with Crippen molar-refractivity contribution >= 4 is 0 Å². The van der Waals surface area contributed by atoms with Crippen LogP contribution < -0.4 is 5.32 Å². The van der Waals surface area contributed by atoms with Crippen LogP contribution in [0.1, 0.15) is 13.3 Å². The lowest BCUT2D eigenvalue weighted by atomic mass is 10.3. The molecule has 0 amide bonds. The predicted molar refractivity (Wildman–Crippen MR) is 41.5 cm³/mol. The van der Waals surface area contributed by atoms with Gasteiger partial charge in [0.05, 0.1) is 12.3 Å². The Bertz CT molecular complexity index is 161. The van der Waals surface area contributed by atoms with E-state index in [-0.39, 0.29) is 0 Å². The highest BCUT2D eigenvalue weighted by molar-refractivity contribution is 5.20. The van der Waals surface area contributed by atoms with Gasteiger partial charge in [-0.05, 0) is 13.0 Å². The summed E-state index contributed by atoms with van der Waals surface area (Å²) in [4.78, 5) is 0. The van der Waals surface area contributed by atoms with Crippen LogP contribution in [0.2, 0.25) is 0 Å². The minimum atomic E-state index is 0.795. The van der Waals surface area contributed by atoms with Crippen LogP contribution in [-0.4, -0.2) is 13.2 Å². The first-order chi connectivity index (χ1) is 4.88. The molecular formula is C8H13NO. The topological polar surface area (TPSA) is 21.3 Å². The van der Waals surface area contributed by atoms with Gasteiger partial charge in [0.2, 0.25) is 0 Å². The van der Waals surface area contributed by atoms with Gasteiger partial charge in [-0.1, -0.05) is 6.58 Å². The number of nitrogens with one attached hydrogen (secondary N) is 1. The van der Waals surface area contributed by atoms with Gasteiger partial charge in [0.15, 0.2) is 0 Å². The van der Waals surface area contributed by atoms with Crippen LogP contribution in [0.15, 0.2) is 24.1 Å². The standard InChI is InChI=1S/C8H13NO/c1-3-8-7(9-4-2)5-6-10-8/h3,9H,1,4-6H2,2H3. The molecule has 0 unspecified atom stereocenters. The SMILES string of the molecule is C=CC1=C(NCC)CCO1. The zero-order valence-corrected chi connectivity index (χ0v) is 6.31. The molecule has 0 aromatic rings. The Morgan fingerprint density at radius 3 is 3.20 bits per heavy atom. The average molecular weight is 139 g/mol. The third-order valence-corrected chi connectivity index (χ3v) is 1.48. The summed E-state index contributed by atoms with van der Waals surface area (Å²) in [5, 5.41) is 3.23. The molecule has 0 bridgehead atoms. The molecule has 0 atom stereocenters. The van der Waals surface area contributed by atoms with Crippen molar-refractivity contribution in [2.75, 3.05) is 13.2 Å². The minimum absolute atomic E-state index is 0.795. The lowest BCUT2D eigenvalue weighted by Gasteiger charge is -2.01. The smallest absolute Gasteiger partial charge is 0.137 e. The van der Waals surface area contributed by atoms with Crippen LogP contribution in [0, 0.1) is 0 Å². The second-order valence-electron chi connectivity index (χ2n) is 2.18. The van der Waals surface area contributed by atoms with Gasteiger partial charge < -0.3 is 10.1 Å². The highest BCUT2D eigenvalue weighted by Crippen LogP contribution is 2.16. The van der Waals surface area contributed by atoms with E-state index in [9.17, 15) is 0 Å². The molecule has 1 aliphatic heterocycles. The van der Waals surface area contributed by atoms with E-state index >= 15 is 0 Å². The Morgan fingerprint density at radius 2 is 2.60 bits per heavy atom. The van der Waals surface area contributed by atoms with Gasteiger partial charge >= 0.3 is 0 Å². The molecule has 0 fully saturated rings. The molecule has 2 nitrogen and oxygen atoms in total. The molecule has 1 N–H and O–H groups in total. The average Bonchev–Trinajstić information content (AvgIpc) is 2.36. The Kier molecular flexibility index (Phi) is 2.37. The largest absolute Gasteiger partial charge is 0.491 e. The minimum Gasteiger partial charge on any atom is -0.491 e. The monoisotopic (exact) mass is 139 g/mol. The van der Waals surface area contributed by atoms with Gasteiger partial charge in [-0.25, -0.2) is 0 Å². The Morgan fingerprint density at radius 1 is 1.80 bits per heavy atom. The number of hydrogen-bond donors (Lipinski definition) is 1. The third kappa shape index (κ3) is 1.32. The molecule has 0 radical (unpaired) electrons. The first-order valence-electron chi connectivity index (χ1n) is 3.60. The quantitative estimate of drug-likeness (QED) is 0.638. The van der Waals surface area contributed by atoms with Crippen molar-refractivity contribution in [3.8, 4) is 0 Å². The summed E-state index contributed by atoms with van der Waals surface area (Å²) in [7, 11) is 0. The number of allylic oxidation sites excluding steroid dienone is 1. The first kappa shape index (κ1) is 7.19. The van der Waals surface area contributed by atoms with Gasteiger partial charge in [0.25, 0.3) is 0 Å². The van der Waals surface area contributed by atoms with Crippen molar-refractivity contribution in [1.82, 2.24) is 5.32 Å². The maximum Gasteiger partial charge on any atom is 0.137 e. The zero-order chi connectivity index (χ0) is 7.40. The van der Waals surface area contributed by atoms with Crippen LogP contribution in [0.4, 0.5) is 0 Å². The fourth-order valence-corrected chi connectivity index (χ4v) is 1.04. The molecule has 0 saturated carbocycles. The molecule has 1 aliphatic rings. The van der Waals surface area contributed by atoms with Crippen molar-refractivity contribution < 1.29 is 4.74 Å². The van der Waals surface area contributed by atoms with E-state index in [0.29, 0.717) is 0 Å². The van der Waals surface area contributed by atoms with Crippen molar-refractivity contribution in [2.45, 2.75) is 13.3 Å². The first-order valence-corrected chi connectivity index (χ1v) is 3.60. The lowest BCUT2D eigenvalue weighted by molar-refractivity contribution is 0.257. The summed E-state index contributed by atoms with van der Waals surface area (Å²) in [6.45, 7) is 7.48. The number of ether oxygens (including phenoxy) is 1. The molecule has 56 valence electrons. The highest BCUT2D eigenvalue weighted by atomic mass is 16.5. The maximum atomic E-state index is 5.27. The molecule has 0 saturated heterocycles. The van der Waals surface area contributed by atoms with E-state index in [2.05, 4.69) is 18.8 Å². The van der Waals surface area contributed by atoms with Gasteiger partial charge in [-0.2, -0.15) is 0 Å². The fourth-order valence-electron chi connectivity index (χ4n) is 1.04. The maximum absolute atomic E-state index is 5.27. The van der Waals surface area contributed by atoms with E-state index in [4.69, 9.17) is 4.74 Å². The van der Waals surface area contributed by atoms with E-state index in [1.54, 1.807) is 6.08 Å². The van der Waals surface area contributed by atoms with Crippen LogP contribution >= 0.6 is 0 Å². The van der Waals surface area contributed by atoms with Crippen LogP contribution in [0.5, 0.6) is 0 Å². The van der Waals surface area contributed by atoms with Crippen LogP contribution in [-0.2, 0) is 4.74 Å². The second-order valence-corrected chi connectivity index (χ2v) is 2.18. The molecular weight excluding hydrogens is 126 g/mol. The number of rotatable bonds is 3. The van der Waals surface area contributed by atoms with Crippen molar-refractivity contribution in [3.63, 3.8) is 0 Å². The van der Waals surface area contributed by atoms with Crippen molar-refractivity contribution in [2.24, 2.45) is 0 Å². The van der Waals surface area contributed by atoms with Crippen molar-refractivity contribution in [1.29, 1.82) is 0 Å². The molecule has 0 aliphatic carbocycles. The van der Waals surface area contributed by atoms with Crippen molar-refractivity contribution in [3.05, 3.63) is 24.1 Å². The Balaban J connectivity index is 2.58. The summed E-state index contributed by atoms with van der Waals surface area (Å²) < 4.78 is 5.27. The molecule has 2 heteroatoms. The molecule has 1 heterocycles. The van der Waals surface area contributed by atoms with Gasteiger partial charge in [0, 0.05) is 13.0 Å². The molecule has 0 aromatic heterocycles. The Hall–Kier alpha value is -0.920. The third-order valence-electron chi connectivity index (χ3n) is 1.48. The van der Waals surface area contributed by atoms with E-state index < -0.39 is 0 Å². The van der Waals surface area contributed by atoms with Gasteiger partial charge in [0.1, 0.15) is 5.76 Å². The molecule has 1 rings (SSSR count). The normalized spacial score (nSPS) is 16.9. The van der Waals surface area contributed by atoms with E-state index in [1.165, 1.54) is 5.70 Å². The predicted octanol–water partition coefficient (Wildman–Crippen LogP) is 1.41. The molecule has 10 heavy (non-hydrogen) atoms. The summed E-state index contributed by atoms with van der Waals surface area (Å²) in [5.74, 6) is 0.918. The summed E-state index contributed by atoms with van der Waals surface area (Å²) in [6.07, 6.45) is 2.75. The van der Waals surface area contributed by atoms with Gasteiger partial charge in [-0.3, -0.25) is 0 Å². The zero-order valence-electron chi connectivity index (χ0n) is 6.31. The highest BCUT2D eigenvalue weighted by Gasteiger charge is 2.11. The summed E-state index contributed by atoms with van der Waals surface area (Å²) in [6, 6.07) is 0. The lowest BCUT2D eigenvalue weighted by Crippen LogP contribution is -2.11. The summed E-state index contributed by atoms with van der Waals surface area (Å²) in [5.41, 5.74) is 1.19. The molecule has 0 aromatic carbocycles. The van der Waals surface area contributed by atoms with E-state index in [1.807, 2.05) is 0 Å².